The van der Waals surface area contributed by atoms with Crippen LogP contribution in [0.1, 0.15) is 65.2 Å². The second-order valence-corrected chi connectivity index (χ2v) is 23.5. The van der Waals surface area contributed by atoms with E-state index in [0.29, 0.717) is 38.5 Å². The summed E-state index contributed by atoms with van der Waals surface area (Å²) in [6, 6.07) is -6.74. The maximum atomic E-state index is 11.2. The van der Waals surface area contributed by atoms with Crippen LogP contribution in [0.3, 0.4) is 0 Å². The van der Waals surface area contributed by atoms with Crippen molar-refractivity contribution < 1.29 is 108 Å². The fourth-order valence-corrected chi connectivity index (χ4v) is 12.0. The van der Waals surface area contributed by atoms with E-state index >= 15 is 0 Å². The van der Waals surface area contributed by atoms with E-state index in [1.54, 1.807) is 0 Å². The van der Waals surface area contributed by atoms with Crippen LogP contribution in [0.15, 0.2) is 0 Å². The summed E-state index contributed by atoms with van der Waals surface area (Å²) in [6.07, 6.45) is -25.6. The van der Waals surface area contributed by atoms with Gasteiger partial charge in [-0.05, 0) is 51.4 Å². The van der Waals surface area contributed by atoms with Gasteiger partial charge in [0.25, 0.3) is 0 Å². The van der Waals surface area contributed by atoms with Gasteiger partial charge in [-0.25, -0.2) is 0 Å². The van der Waals surface area contributed by atoms with Gasteiger partial charge in [-0.2, -0.15) is 0 Å². The summed E-state index contributed by atoms with van der Waals surface area (Å²) in [5, 5.41) is 105. The van der Waals surface area contributed by atoms with Crippen molar-refractivity contribution >= 4 is 0 Å². The Kier molecular flexibility index (Phi) is 26.0. The van der Waals surface area contributed by atoms with E-state index in [-0.39, 0.29) is 50.2 Å². The van der Waals surface area contributed by atoms with E-state index in [4.69, 9.17) is 126 Å². The van der Waals surface area contributed by atoms with Gasteiger partial charge in [0.05, 0.1) is 61.8 Å². The number of nitrogens with two attached hydrogens (primary N) is 12. The Morgan fingerprint density at radius 1 is 0.357 bits per heavy atom. The molecular weight excluding hydrogens is 1120 g/mol. The zero-order chi connectivity index (χ0) is 61.8. The molecule has 0 bridgehead atoms. The Morgan fingerprint density at radius 2 is 0.679 bits per heavy atom. The van der Waals surface area contributed by atoms with Crippen LogP contribution in [0, 0.1) is 0 Å². The van der Waals surface area contributed by atoms with E-state index in [1.807, 2.05) is 13.8 Å². The molecule has 0 amide bonds. The summed E-state index contributed by atoms with van der Waals surface area (Å²) < 4.78 is 71.2. The predicted octanol–water partition coefficient (Wildman–Crippen LogP) is -12.1. The molecule has 8 aliphatic rings. The maximum Gasteiger partial charge on any atom is 0.187 e. The molecule has 2 aliphatic carbocycles. The minimum atomic E-state index is -1.53. The van der Waals surface area contributed by atoms with Crippen LogP contribution in [-0.4, -0.2) is 298 Å². The number of hydrogen-bond acceptors (Lipinski definition) is 34. The first-order chi connectivity index (χ1) is 39.8. The second-order valence-electron chi connectivity index (χ2n) is 23.5. The minimum absolute atomic E-state index is 0.134. The number of aliphatic hydroxyl groups is 10. The third-order valence-electron chi connectivity index (χ3n) is 17.6. The molecule has 492 valence electrons. The van der Waals surface area contributed by atoms with Gasteiger partial charge in [-0.3, -0.25) is 0 Å². The third kappa shape index (κ3) is 15.7. The highest BCUT2D eigenvalue weighted by Crippen LogP contribution is 2.37. The molecule has 0 spiro atoms. The second kappa shape index (κ2) is 31.1. The average Bonchev–Trinajstić information content (AvgIpc) is 3.68. The fourth-order valence-electron chi connectivity index (χ4n) is 12.0. The molecule has 36 atom stereocenters. The van der Waals surface area contributed by atoms with Gasteiger partial charge in [-0.1, -0.05) is 13.8 Å². The Labute approximate surface area is 487 Å². The van der Waals surface area contributed by atoms with Crippen molar-refractivity contribution in [3.8, 4) is 0 Å². The van der Waals surface area contributed by atoms with Crippen molar-refractivity contribution in [1.82, 2.24) is 0 Å². The van der Waals surface area contributed by atoms with E-state index in [2.05, 4.69) is 0 Å². The average molecular weight is 1220 g/mol. The molecule has 8 fully saturated rings. The van der Waals surface area contributed by atoms with Crippen molar-refractivity contribution in [2.45, 2.75) is 285 Å². The Morgan fingerprint density at radius 3 is 1.00 bits per heavy atom. The quantitative estimate of drug-likeness (QED) is 0.0538. The van der Waals surface area contributed by atoms with Crippen molar-refractivity contribution in [3.63, 3.8) is 0 Å². The van der Waals surface area contributed by atoms with E-state index < -0.39 is 209 Å². The molecule has 0 unspecified atom stereocenters. The summed E-state index contributed by atoms with van der Waals surface area (Å²) in [5.74, 6) is 0. The number of rotatable bonds is 20. The van der Waals surface area contributed by atoms with Gasteiger partial charge in [0.1, 0.15) is 97.7 Å². The first kappa shape index (κ1) is 70.1. The Bertz CT molecular complexity index is 1840. The highest BCUT2D eigenvalue weighted by atomic mass is 16.8. The van der Waals surface area contributed by atoms with E-state index in [1.165, 1.54) is 0 Å². The first-order valence-corrected chi connectivity index (χ1v) is 29.3. The van der Waals surface area contributed by atoms with Crippen LogP contribution in [0.25, 0.3) is 0 Å². The van der Waals surface area contributed by atoms with Crippen LogP contribution in [0.2, 0.25) is 0 Å². The van der Waals surface area contributed by atoms with Crippen molar-refractivity contribution in [1.29, 1.82) is 0 Å². The van der Waals surface area contributed by atoms with Gasteiger partial charge in [0.15, 0.2) is 37.7 Å². The summed E-state index contributed by atoms with van der Waals surface area (Å²) in [4.78, 5) is 0. The monoisotopic (exact) mass is 1220 g/mol. The van der Waals surface area contributed by atoms with Crippen molar-refractivity contribution in [2.24, 2.45) is 68.8 Å². The summed E-state index contributed by atoms with van der Waals surface area (Å²) in [6.45, 7) is 2.46. The fraction of sp³-hybridized carbons (Fsp3) is 1.00. The van der Waals surface area contributed by atoms with Crippen molar-refractivity contribution in [3.05, 3.63) is 0 Å². The molecule has 8 rings (SSSR count). The zero-order valence-electron chi connectivity index (χ0n) is 47.6. The van der Waals surface area contributed by atoms with Gasteiger partial charge in [0.2, 0.25) is 0 Å². The molecule has 0 aromatic heterocycles. The standard InChI is InChI=1S/2C25H50N6O11/c2*1-2-8(27)12-4-3-9(28)23(37-12)40-20-11(30)5-10(29)16(33)22(20)42-25-19(36)21(14(7-32)39-25)41-24-15(31)18(35)17(34)13(6-26)38-24/h2*8-25,32-36H,2-7,26-31H2,1H3/t8-,9+,10+,11-,12-,13-,14+,15+,16-,17+,18+,19+,20+,21+,22+,23+,24+,25-;8-,9-,10-,11+,12+,13+,14-,15-,16+,17-,18-,19-,20-,21-,22-,23-,24-,25+/m01/s1. The highest BCUT2D eigenvalue weighted by molar-refractivity contribution is 5.04. The van der Waals surface area contributed by atoms with Crippen LogP contribution < -0.4 is 68.8 Å². The molecule has 34 nitrogen and oxygen atoms in total. The summed E-state index contributed by atoms with van der Waals surface area (Å²) in [7, 11) is 0. The lowest BCUT2D eigenvalue weighted by molar-refractivity contribution is -0.290. The zero-order valence-corrected chi connectivity index (χ0v) is 47.6. The van der Waals surface area contributed by atoms with Gasteiger partial charge >= 0.3 is 0 Å². The number of hydrogen-bond donors (Lipinski definition) is 22. The molecule has 0 radical (unpaired) electrons. The molecular formula is C50H100N12O22. The lowest BCUT2D eigenvalue weighted by Crippen LogP contribution is -2.65. The van der Waals surface area contributed by atoms with Crippen molar-refractivity contribution in [2.75, 3.05) is 26.3 Å². The molecule has 2 saturated carbocycles. The Balaban J connectivity index is 0.000000241. The molecule has 84 heavy (non-hydrogen) atoms. The lowest BCUT2D eigenvalue weighted by atomic mass is 9.84. The largest absolute Gasteiger partial charge is 0.394 e. The highest BCUT2D eigenvalue weighted by Gasteiger charge is 2.56. The SMILES string of the molecule is CC[C@@H](N)[C@@H]1CC[C@@H](N)[C@@H](O[C@H]2[C@H](O[C@@H]3O[C@H](CO)[C@@H](O[C@H]4O[C@@H](CN)[C@@H](O)[C@H](O)[C@H]4N)[C@H]3O)[C@@H](O)[C@H](N)C[C@@H]2N)O1.CC[C@H](N)[C@@H]1CC[C@@H](N)[C@@H](O[C@H]2[C@H](O[C@@H]3O[C@H](CO)[C@@H](O[C@H]4O[C@@H](CN)[C@@H](O)[C@H](O)[C@H]4N)[C@H]3O)[C@@H](O)[C@H](N)C[C@@H]2N)O1. The van der Waals surface area contributed by atoms with Crippen LogP contribution in [0.5, 0.6) is 0 Å². The Hall–Kier alpha value is -1.36. The van der Waals surface area contributed by atoms with Gasteiger partial charge in [0, 0.05) is 49.3 Å². The van der Waals surface area contributed by atoms with E-state index in [9.17, 15) is 51.1 Å². The van der Waals surface area contributed by atoms with Crippen LogP contribution >= 0.6 is 0 Å². The number of aliphatic hydroxyl groups excluding tert-OH is 10. The third-order valence-corrected chi connectivity index (χ3v) is 17.6. The van der Waals surface area contributed by atoms with Gasteiger partial charge in [-0.15, -0.1) is 0 Å². The topological polar surface area (TPSA) is 625 Å². The summed E-state index contributed by atoms with van der Waals surface area (Å²) in [5.41, 5.74) is 73.4. The molecule has 0 aromatic carbocycles. The smallest absolute Gasteiger partial charge is 0.187 e. The number of ether oxygens (including phenoxy) is 12. The molecule has 0 aromatic rings. The van der Waals surface area contributed by atoms with Crippen LogP contribution in [0.4, 0.5) is 0 Å². The molecule has 6 aliphatic heterocycles. The maximum absolute atomic E-state index is 11.2. The lowest BCUT2D eigenvalue weighted by Gasteiger charge is -2.46. The minimum Gasteiger partial charge on any atom is -0.394 e. The normalized spacial score (nSPS) is 51.0. The predicted molar refractivity (Wildman–Crippen MR) is 290 cm³/mol. The molecule has 6 saturated heterocycles. The van der Waals surface area contributed by atoms with Crippen LogP contribution in [-0.2, 0) is 56.8 Å². The molecule has 34 heteroatoms. The summed E-state index contributed by atoms with van der Waals surface area (Å²) >= 11 is 0. The molecule has 34 N–H and O–H groups in total. The molecule has 6 heterocycles. The van der Waals surface area contributed by atoms with Gasteiger partial charge < -0.3 is 177 Å². The first-order valence-electron chi connectivity index (χ1n) is 29.3. The van der Waals surface area contributed by atoms with E-state index in [0.717, 1.165) is 0 Å².